The Kier molecular flexibility index (Phi) is 6.48. The summed E-state index contributed by atoms with van der Waals surface area (Å²) in [6.45, 7) is -0.571. The van der Waals surface area contributed by atoms with Gasteiger partial charge in [-0.2, -0.15) is 0 Å². The maximum atomic E-state index is 12.9. The fourth-order valence-electron chi connectivity index (χ4n) is 4.06. The first kappa shape index (κ1) is 22.3. The quantitative estimate of drug-likeness (QED) is 0.499. The Morgan fingerprint density at radius 1 is 0.969 bits per heavy atom. The second kappa shape index (κ2) is 9.30. The van der Waals surface area contributed by atoms with Gasteiger partial charge in [-0.3, -0.25) is 19.3 Å². The molecule has 9 heteroatoms. The maximum absolute atomic E-state index is 12.9. The van der Waals surface area contributed by atoms with Crippen molar-refractivity contribution in [3.8, 4) is 0 Å². The summed E-state index contributed by atoms with van der Waals surface area (Å²) in [5.74, 6) is -2.13. The molecule has 0 spiro atoms. The third-order valence-electron chi connectivity index (χ3n) is 5.66. The van der Waals surface area contributed by atoms with Gasteiger partial charge in [0.15, 0.2) is 6.61 Å². The molecule has 1 fully saturated rings. The lowest BCUT2D eigenvalue weighted by molar-refractivity contribution is -0.119. The zero-order chi connectivity index (χ0) is 22.8. The summed E-state index contributed by atoms with van der Waals surface area (Å²) in [5.41, 5.74) is 0.769. The number of ether oxygens (including phenoxy) is 1. The molecule has 0 unspecified atom stereocenters. The van der Waals surface area contributed by atoms with Gasteiger partial charge in [-0.05, 0) is 43.2 Å². The number of benzene rings is 2. The normalized spacial score (nSPS) is 16.1. The third-order valence-corrected chi connectivity index (χ3v) is 6.29. The molecule has 32 heavy (non-hydrogen) atoms. The fraction of sp³-hybridized carbons (Fsp3) is 0.304. The smallest absolute Gasteiger partial charge is 0.338 e. The minimum absolute atomic E-state index is 0.0824. The Bertz CT molecular complexity index is 1090. The SMILES string of the molecule is O=C(COC(=O)c1ccc2c(c1)C(=O)N(C1CCCCC1)C2=O)Nc1c(Cl)cccc1Cl. The van der Waals surface area contributed by atoms with Gasteiger partial charge >= 0.3 is 5.97 Å². The van der Waals surface area contributed by atoms with Crippen molar-refractivity contribution in [1.82, 2.24) is 4.90 Å². The number of para-hydroxylation sites is 1. The number of anilines is 1. The molecule has 4 rings (SSSR count). The van der Waals surface area contributed by atoms with Crippen LogP contribution < -0.4 is 5.32 Å². The highest BCUT2D eigenvalue weighted by molar-refractivity contribution is 6.39. The van der Waals surface area contributed by atoms with E-state index in [9.17, 15) is 19.2 Å². The number of nitrogens with one attached hydrogen (secondary N) is 1. The van der Waals surface area contributed by atoms with E-state index in [1.54, 1.807) is 18.2 Å². The summed E-state index contributed by atoms with van der Waals surface area (Å²) in [7, 11) is 0. The van der Waals surface area contributed by atoms with E-state index in [1.807, 2.05) is 0 Å². The molecule has 166 valence electrons. The van der Waals surface area contributed by atoms with Crippen LogP contribution in [0.5, 0.6) is 0 Å². The van der Waals surface area contributed by atoms with Gasteiger partial charge in [-0.15, -0.1) is 0 Å². The predicted octanol–water partition coefficient (Wildman–Crippen LogP) is 4.72. The summed E-state index contributed by atoms with van der Waals surface area (Å²) < 4.78 is 5.06. The summed E-state index contributed by atoms with van der Waals surface area (Å²) in [5, 5.41) is 3.00. The summed E-state index contributed by atoms with van der Waals surface area (Å²) in [4.78, 5) is 51.5. The lowest BCUT2D eigenvalue weighted by Crippen LogP contribution is -2.40. The number of carbonyl (C=O) groups is 4. The standard InChI is InChI=1S/C23H20Cl2N2O5/c24-17-7-4-8-18(25)20(17)26-19(28)12-32-23(31)13-9-10-15-16(11-13)22(30)27(21(15)29)14-5-2-1-3-6-14/h4,7-11,14H,1-3,5-6,12H2,(H,26,28). The zero-order valence-corrected chi connectivity index (χ0v) is 18.5. The van der Waals surface area contributed by atoms with E-state index >= 15 is 0 Å². The number of halogens is 2. The molecular formula is C23H20Cl2N2O5. The molecule has 2 aliphatic rings. The van der Waals surface area contributed by atoms with Gasteiger partial charge in [0.2, 0.25) is 0 Å². The van der Waals surface area contributed by atoms with Crippen molar-refractivity contribution >= 4 is 52.6 Å². The van der Waals surface area contributed by atoms with Crippen molar-refractivity contribution in [2.75, 3.05) is 11.9 Å². The van der Waals surface area contributed by atoms with Gasteiger partial charge in [0.05, 0.1) is 32.4 Å². The Hall–Kier alpha value is -2.90. The average Bonchev–Trinajstić information content (AvgIpc) is 3.04. The molecule has 2 aromatic rings. The molecule has 1 aliphatic carbocycles. The van der Waals surface area contributed by atoms with Crippen molar-refractivity contribution in [3.05, 3.63) is 63.1 Å². The van der Waals surface area contributed by atoms with E-state index in [4.69, 9.17) is 27.9 Å². The number of fused-ring (bicyclic) bond motifs is 1. The molecule has 0 saturated heterocycles. The van der Waals surface area contributed by atoms with Crippen LogP contribution in [0.1, 0.15) is 63.2 Å². The number of rotatable bonds is 5. The fourth-order valence-corrected chi connectivity index (χ4v) is 4.56. The second-order valence-corrected chi connectivity index (χ2v) is 8.57. The van der Waals surface area contributed by atoms with E-state index in [2.05, 4.69) is 5.32 Å². The van der Waals surface area contributed by atoms with Gasteiger partial charge in [-0.25, -0.2) is 4.79 Å². The molecule has 3 amide bonds. The highest BCUT2D eigenvalue weighted by Crippen LogP contribution is 2.32. The largest absolute Gasteiger partial charge is 0.452 e. The molecule has 2 aromatic carbocycles. The van der Waals surface area contributed by atoms with Gasteiger partial charge in [0.1, 0.15) is 0 Å². The molecule has 1 aliphatic heterocycles. The molecule has 0 radical (unpaired) electrons. The molecule has 0 atom stereocenters. The average molecular weight is 475 g/mol. The van der Waals surface area contributed by atoms with Crippen molar-refractivity contribution in [1.29, 1.82) is 0 Å². The van der Waals surface area contributed by atoms with Crippen molar-refractivity contribution in [3.63, 3.8) is 0 Å². The molecular weight excluding hydrogens is 455 g/mol. The van der Waals surface area contributed by atoms with E-state index in [-0.39, 0.29) is 44.4 Å². The summed E-state index contributed by atoms with van der Waals surface area (Å²) in [6, 6.07) is 8.88. The topological polar surface area (TPSA) is 92.8 Å². The monoisotopic (exact) mass is 474 g/mol. The van der Waals surface area contributed by atoms with Gasteiger partial charge < -0.3 is 10.1 Å². The number of amides is 3. The number of nitrogens with zero attached hydrogens (tertiary/aromatic N) is 1. The van der Waals surface area contributed by atoms with Crippen LogP contribution in [0.2, 0.25) is 10.0 Å². The van der Waals surface area contributed by atoms with Crippen LogP contribution >= 0.6 is 23.2 Å². The van der Waals surface area contributed by atoms with Crippen molar-refractivity contribution < 1.29 is 23.9 Å². The highest BCUT2D eigenvalue weighted by atomic mass is 35.5. The number of esters is 1. The Morgan fingerprint density at radius 2 is 1.62 bits per heavy atom. The Labute approximate surface area is 194 Å². The molecule has 1 N–H and O–H groups in total. The first-order valence-electron chi connectivity index (χ1n) is 10.3. The first-order valence-corrected chi connectivity index (χ1v) is 11.1. The Balaban J connectivity index is 1.42. The molecule has 0 aromatic heterocycles. The van der Waals surface area contributed by atoms with Crippen molar-refractivity contribution in [2.24, 2.45) is 0 Å². The number of hydrogen-bond donors (Lipinski definition) is 1. The molecule has 0 bridgehead atoms. The van der Waals surface area contributed by atoms with Crippen LogP contribution in [0, 0.1) is 0 Å². The van der Waals surface area contributed by atoms with E-state index < -0.39 is 24.4 Å². The summed E-state index contributed by atoms with van der Waals surface area (Å²) >= 11 is 12.0. The van der Waals surface area contributed by atoms with E-state index in [0.717, 1.165) is 32.1 Å². The molecule has 7 nitrogen and oxygen atoms in total. The lowest BCUT2D eigenvalue weighted by Gasteiger charge is -2.29. The van der Waals surface area contributed by atoms with E-state index in [1.165, 1.54) is 23.1 Å². The van der Waals surface area contributed by atoms with Crippen LogP contribution in [0.3, 0.4) is 0 Å². The Morgan fingerprint density at radius 3 is 2.31 bits per heavy atom. The third kappa shape index (κ3) is 4.36. The van der Waals surface area contributed by atoms with Crippen LogP contribution in [0.15, 0.2) is 36.4 Å². The highest BCUT2D eigenvalue weighted by Gasteiger charge is 2.40. The minimum atomic E-state index is -0.787. The number of imide groups is 1. The number of carbonyl (C=O) groups excluding carboxylic acids is 4. The van der Waals surface area contributed by atoms with Gasteiger partial charge in [0, 0.05) is 6.04 Å². The van der Waals surface area contributed by atoms with Gasteiger partial charge in [-0.1, -0.05) is 48.5 Å². The zero-order valence-electron chi connectivity index (χ0n) is 17.0. The number of hydrogen-bond acceptors (Lipinski definition) is 5. The van der Waals surface area contributed by atoms with E-state index in [0.29, 0.717) is 0 Å². The van der Waals surface area contributed by atoms with Crippen molar-refractivity contribution in [2.45, 2.75) is 38.1 Å². The van der Waals surface area contributed by atoms with Crippen LogP contribution in [0.4, 0.5) is 5.69 Å². The second-order valence-electron chi connectivity index (χ2n) is 7.75. The summed E-state index contributed by atoms with van der Waals surface area (Å²) in [6.07, 6.45) is 4.66. The molecule has 1 heterocycles. The van der Waals surface area contributed by atoms with Crippen LogP contribution in [0.25, 0.3) is 0 Å². The molecule has 1 saturated carbocycles. The van der Waals surface area contributed by atoms with Gasteiger partial charge in [0.25, 0.3) is 17.7 Å². The maximum Gasteiger partial charge on any atom is 0.338 e. The first-order chi connectivity index (χ1) is 15.4. The minimum Gasteiger partial charge on any atom is -0.452 e. The predicted molar refractivity (Wildman–Crippen MR) is 119 cm³/mol. The van der Waals surface area contributed by atoms with Crippen LogP contribution in [-0.4, -0.2) is 41.2 Å². The van der Waals surface area contributed by atoms with Crippen LogP contribution in [-0.2, 0) is 9.53 Å². The lowest BCUT2D eigenvalue weighted by atomic mass is 9.94.